The maximum atomic E-state index is 12.7. The summed E-state index contributed by atoms with van der Waals surface area (Å²) in [4.78, 5) is 46.3. The standard InChI is InChI=1S/C22H22N4O5S2/c1-11-16(20(28)30-2)19(33-17(11)21(29)31-3)25-15(27)10-32-22-24-14-7-5-4-6-13(14)18(26-22)23-12-8-9-12/h4-7,12H,8-10H2,1-3H3,(H,25,27)(H,23,24,26). The van der Waals surface area contributed by atoms with Gasteiger partial charge in [-0.25, -0.2) is 19.6 Å². The van der Waals surface area contributed by atoms with E-state index in [1.807, 2.05) is 24.3 Å². The van der Waals surface area contributed by atoms with Crippen molar-refractivity contribution in [3.8, 4) is 0 Å². The molecular formula is C22H22N4O5S2. The topological polar surface area (TPSA) is 120 Å². The molecule has 0 aliphatic heterocycles. The molecule has 3 aromatic rings. The molecule has 1 aromatic carbocycles. The number of nitrogens with zero attached hydrogens (tertiary/aromatic N) is 2. The Bertz CT molecular complexity index is 1240. The van der Waals surface area contributed by atoms with Crippen molar-refractivity contribution < 1.29 is 23.9 Å². The van der Waals surface area contributed by atoms with E-state index in [9.17, 15) is 14.4 Å². The van der Waals surface area contributed by atoms with Gasteiger partial charge in [0.05, 0.1) is 31.1 Å². The van der Waals surface area contributed by atoms with Crippen LogP contribution in [0.4, 0.5) is 10.8 Å². The zero-order valence-electron chi connectivity index (χ0n) is 18.3. The first kappa shape index (κ1) is 23.0. The zero-order valence-corrected chi connectivity index (χ0v) is 19.9. The number of hydrogen-bond donors (Lipinski definition) is 2. The molecule has 1 saturated carbocycles. The molecule has 0 saturated heterocycles. The summed E-state index contributed by atoms with van der Waals surface area (Å²) in [5.41, 5.74) is 1.33. The van der Waals surface area contributed by atoms with Gasteiger partial charge in [0.25, 0.3) is 0 Å². The van der Waals surface area contributed by atoms with Crippen LogP contribution in [-0.4, -0.2) is 53.8 Å². The fraction of sp³-hybridized carbons (Fsp3) is 0.318. The highest BCUT2D eigenvalue weighted by molar-refractivity contribution is 7.99. The van der Waals surface area contributed by atoms with E-state index >= 15 is 0 Å². The second kappa shape index (κ2) is 9.75. The Kier molecular flexibility index (Phi) is 6.80. The Hall–Kier alpha value is -3.18. The van der Waals surface area contributed by atoms with Crippen molar-refractivity contribution in [3.05, 3.63) is 40.3 Å². The molecule has 0 bridgehead atoms. The number of thioether (sulfide) groups is 1. The highest BCUT2D eigenvalue weighted by atomic mass is 32.2. The summed E-state index contributed by atoms with van der Waals surface area (Å²) in [5.74, 6) is -0.813. The number of esters is 2. The number of hydrogen-bond acceptors (Lipinski definition) is 10. The number of nitrogens with one attached hydrogen (secondary N) is 2. The van der Waals surface area contributed by atoms with E-state index < -0.39 is 11.9 Å². The Balaban J connectivity index is 1.51. The monoisotopic (exact) mass is 486 g/mol. The van der Waals surface area contributed by atoms with Crippen molar-refractivity contribution >= 4 is 62.7 Å². The van der Waals surface area contributed by atoms with E-state index in [0.717, 1.165) is 40.9 Å². The van der Waals surface area contributed by atoms with Crippen molar-refractivity contribution in [2.45, 2.75) is 31.0 Å². The quantitative estimate of drug-likeness (QED) is 0.278. The van der Waals surface area contributed by atoms with Crippen molar-refractivity contribution in [1.82, 2.24) is 9.97 Å². The van der Waals surface area contributed by atoms with E-state index in [-0.39, 0.29) is 27.1 Å². The van der Waals surface area contributed by atoms with Crippen molar-refractivity contribution in [2.75, 3.05) is 30.6 Å². The molecule has 33 heavy (non-hydrogen) atoms. The van der Waals surface area contributed by atoms with Gasteiger partial charge in [0, 0.05) is 11.4 Å². The third-order valence-corrected chi connectivity index (χ3v) is 7.03. The number of aromatic nitrogens is 2. The first-order chi connectivity index (χ1) is 15.9. The Labute approximate surface area is 198 Å². The molecular weight excluding hydrogens is 464 g/mol. The molecule has 172 valence electrons. The number of amides is 1. The lowest BCUT2D eigenvalue weighted by Crippen LogP contribution is -2.16. The zero-order chi connectivity index (χ0) is 23.5. The number of carbonyl (C=O) groups is 3. The third-order valence-electron chi connectivity index (χ3n) is 4.99. The van der Waals surface area contributed by atoms with Crippen molar-refractivity contribution in [2.24, 2.45) is 0 Å². The van der Waals surface area contributed by atoms with Gasteiger partial charge >= 0.3 is 11.9 Å². The number of thiophene rings is 1. The van der Waals surface area contributed by atoms with E-state index in [4.69, 9.17) is 9.47 Å². The third kappa shape index (κ3) is 5.09. The number of methoxy groups -OCH3 is 2. The van der Waals surface area contributed by atoms with Crippen LogP contribution in [0.25, 0.3) is 10.9 Å². The fourth-order valence-corrected chi connectivity index (χ4v) is 4.96. The lowest BCUT2D eigenvalue weighted by Gasteiger charge is -2.10. The molecule has 1 amide bonds. The van der Waals surface area contributed by atoms with E-state index in [0.29, 0.717) is 16.8 Å². The number of ether oxygens (including phenoxy) is 2. The summed E-state index contributed by atoms with van der Waals surface area (Å²) in [6.07, 6.45) is 2.22. The SMILES string of the molecule is COC(=O)c1sc(NC(=O)CSc2nc(NC3CC3)c3ccccc3n2)c(C(=O)OC)c1C. The molecule has 0 radical (unpaired) electrons. The minimum absolute atomic E-state index is 0.0202. The van der Waals surface area contributed by atoms with Crippen LogP contribution in [0.15, 0.2) is 29.4 Å². The van der Waals surface area contributed by atoms with Crippen LogP contribution in [0, 0.1) is 6.92 Å². The minimum atomic E-state index is -0.643. The summed E-state index contributed by atoms with van der Waals surface area (Å²) in [6, 6.07) is 8.14. The summed E-state index contributed by atoms with van der Waals surface area (Å²) in [5, 5.41) is 7.77. The summed E-state index contributed by atoms with van der Waals surface area (Å²) in [7, 11) is 2.49. The molecule has 2 aromatic heterocycles. The molecule has 4 rings (SSSR count). The van der Waals surface area contributed by atoms with Gasteiger partial charge in [-0.2, -0.15) is 0 Å². The first-order valence-electron chi connectivity index (χ1n) is 10.2. The number of fused-ring (bicyclic) bond motifs is 1. The van der Waals surface area contributed by atoms with Gasteiger partial charge in [-0.3, -0.25) is 4.79 Å². The summed E-state index contributed by atoms with van der Waals surface area (Å²) < 4.78 is 9.59. The highest BCUT2D eigenvalue weighted by Gasteiger charge is 2.27. The van der Waals surface area contributed by atoms with Gasteiger partial charge in [0.1, 0.15) is 15.7 Å². The van der Waals surface area contributed by atoms with Crippen LogP contribution in [0.5, 0.6) is 0 Å². The molecule has 1 aliphatic rings. The molecule has 1 fully saturated rings. The predicted molar refractivity (Wildman–Crippen MR) is 127 cm³/mol. The Morgan fingerprint density at radius 2 is 1.85 bits per heavy atom. The van der Waals surface area contributed by atoms with Crippen molar-refractivity contribution in [3.63, 3.8) is 0 Å². The lowest BCUT2D eigenvalue weighted by atomic mass is 10.1. The molecule has 9 nitrogen and oxygen atoms in total. The number of benzene rings is 1. The van der Waals surface area contributed by atoms with Crippen LogP contribution < -0.4 is 10.6 Å². The van der Waals surface area contributed by atoms with Crippen LogP contribution in [0.2, 0.25) is 0 Å². The van der Waals surface area contributed by atoms with E-state index in [2.05, 4.69) is 20.6 Å². The minimum Gasteiger partial charge on any atom is -0.465 e. The average Bonchev–Trinajstić information content (AvgIpc) is 3.58. The number of anilines is 2. The Morgan fingerprint density at radius 3 is 2.55 bits per heavy atom. The predicted octanol–water partition coefficient (Wildman–Crippen LogP) is 3.88. The summed E-state index contributed by atoms with van der Waals surface area (Å²) >= 11 is 2.16. The summed E-state index contributed by atoms with van der Waals surface area (Å²) in [6.45, 7) is 1.61. The van der Waals surface area contributed by atoms with Crippen LogP contribution in [0.1, 0.15) is 38.4 Å². The average molecular weight is 487 g/mol. The van der Waals surface area contributed by atoms with Crippen LogP contribution in [0.3, 0.4) is 0 Å². The van der Waals surface area contributed by atoms with Crippen LogP contribution >= 0.6 is 23.1 Å². The number of rotatable bonds is 8. The smallest absolute Gasteiger partial charge is 0.348 e. The van der Waals surface area contributed by atoms with Crippen molar-refractivity contribution in [1.29, 1.82) is 0 Å². The lowest BCUT2D eigenvalue weighted by molar-refractivity contribution is -0.113. The molecule has 0 unspecified atom stereocenters. The largest absolute Gasteiger partial charge is 0.465 e. The molecule has 1 aliphatic carbocycles. The second-order valence-corrected chi connectivity index (χ2v) is 9.33. The van der Waals surface area contributed by atoms with Crippen LogP contribution in [-0.2, 0) is 14.3 Å². The Morgan fingerprint density at radius 1 is 1.12 bits per heavy atom. The van der Waals surface area contributed by atoms with Gasteiger partial charge in [-0.05, 0) is 37.5 Å². The maximum Gasteiger partial charge on any atom is 0.348 e. The van der Waals surface area contributed by atoms with E-state index in [1.165, 1.54) is 26.0 Å². The first-order valence-corrected chi connectivity index (χ1v) is 12.0. The van der Waals surface area contributed by atoms with Gasteiger partial charge < -0.3 is 20.1 Å². The van der Waals surface area contributed by atoms with Gasteiger partial charge in [0.2, 0.25) is 5.91 Å². The second-order valence-electron chi connectivity index (χ2n) is 7.37. The van der Waals surface area contributed by atoms with E-state index in [1.54, 1.807) is 6.92 Å². The maximum absolute atomic E-state index is 12.7. The van der Waals surface area contributed by atoms with Gasteiger partial charge in [-0.15, -0.1) is 11.3 Å². The number of carbonyl (C=O) groups excluding carboxylic acids is 3. The normalized spacial score (nSPS) is 12.9. The molecule has 0 spiro atoms. The highest BCUT2D eigenvalue weighted by Crippen LogP contribution is 2.34. The molecule has 0 atom stereocenters. The molecule has 2 heterocycles. The molecule has 11 heteroatoms. The molecule has 2 N–H and O–H groups in total. The van der Waals surface area contributed by atoms with Gasteiger partial charge in [0.15, 0.2) is 5.16 Å². The fourth-order valence-electron chi connectivity index (χ4n) is 3.18. The number of para-hydroxylation sites is 1. The van der Waals surface area contributed by atoms with Gasteiger partial charge in [-0.1, -0.05) is 23.9 Å².